The molecule has 3 aliphatic rings. The molecule has 148 valence electrons. The molecule has 7 heteroatoms. The van der Waals surface area contributed by atoms with E-state index in [9.17, 15) is 9.59 Å². The van der Waals surface area contributed by atoms with Crippen LogP contribution < -0.4 is 10.9 Å². The van der Waals surface area contributed by atoms with Crippen LogP contribution in [-0.4, -0.2) is 53.2 Å². The second-order valence-corrected chi connectivity index (χ2v) is 8.09. The zero-order valence-corrected chi connectivity index (χ0v) is 17.4. The van der Waals surface area contributed by atoms with E-state index in [0.29, 0.717) is 28.0 Å². The molecule has 1 amide bonds. The van der Waals surface area contributed by atoms with Gasteiger partial charge in [0.25, 0.3) is 11.5 Å². The third-order valence-electron chi connectivity index (χ3n) is 5.34. The molecule has 0 radical (unpaired) electrons. The molecule has 0 saturated carbocycles. The first-order valence-electron chi connectivity index (χ1n) is 9.31. The fourth-order valence-corrected chi connectivity index (χ4v) is 4.43. The Balaban J connectivity index is 1.89. The molecule has 1 N–H and O–H groups in total. The van der Waals surface area contributed by atoms with Gasteiger partial charge in [0.15, 0.2) is 0 Å². The van der Waals surface area contributed by atoms with E-state index in [1.165, 1.54) is 22.4 Å². The molecule has 2 bridgehead atoms. The summed E-state index contributed by atoms with van der Waals surface area (Å²) in [6.07, 6.45) is 14.7. The number of nitrogens with one attached hydrogen (secondary N) is 1. The van der Waals surface area contributed by atoms with Crippen molar-refractivity contribution in [2.45, 2.75) is 18.9 Å². The van der Waals surface area contributed by atoms with E-state index in [1.54, 1.807) is 24.4 Å². The van der Waals surface area contributed by atoms with E-state index in [4.69, 9.17) is 18.0 Å². The van der Waals surface area contributed by atoms with E-state index in [0.717, 1.165) is 32.5 Å². The molecule has 1 atom stereocenters. The molecule has 5 nitrogen and oxygen atoms in total. The SMILES string of the molecule is C#C/C(SC)=C(\C=C/CCl)n1cc(C(=O)NC2CN3CCC2CC3)ccc1=O. The molecule has 4 heterocycles. The summed E-state index contributed by atoms with van der Waals surface area (Å²) in [5, 5.41) is 3.16. The van der Waals surface area contributed by atoms with Gasteiger partial charge in [-0.25, -0.2) is 0 Å². The number of piperidine rings is 3. The molecule has 28 heavy (non-hydrogen) atoms. The number of thioether (sulfide) groups is 1. The number of hydrogen-bond acceptors (Lipinski definition) is 4. The van der Waals surface area contributed by atoms with Crippen LogP contribution in [0.5, 0.6) is 0 Å². The molecule has 1 aromatic rings. The van der Waals surface area contributed by atoms with Crippen LogP contribution in [0.4, 0.5) is 0 Å². The molecule has 3 fully saturated rings. The molecule has 1 aromatic heterocycles. The Morgan fingerprint density at radius 2 is 2.18 bits per heavy atom. The van der Waals surface area contributed by atoms with Crippen molar-refractivity contribution in [2.75, 3.05) is 31.8 Å². The summed E-state index contributed by atoms with van der Waals surface area (Å²) in [7, 11) is 0. The van der Waals surface area contributed by atoms with Crippen LogP contribution in [0.1, 0.15) is 23.2 Å². The normalized spacial score (nSPS) is 24.7. The summed E-state index contributed by atoms with van der Waals surface area (Å²) >= 11 is 7.13. The highest BCUT2D eigenvalue weighted by molar-refractivity contribution is 8.02. The first-order valence-corrected chi connectivity index (χ1v) is 11.1. The van der Waals surface area contributed by atoms with Gasteiger partial charge in [0.05, 0.1) is 16.2 Å². The van der Waals surface area contributed by atoms with Gasteiger partial charge in [0.1, 0.15) is 0 Å². The maximum Gasteiger partial charge on any atom is 0.255 e. The number of carbonyl (C=O) groups is 1. The second kappa shape index (κ2) is 9.51. The van der Waals surface area contributed by atoms with Crippen molar-refractivity contribution in [3.8, 4) is 12.3 Å². The number of nitrogens with zero attached hydrogens (tertiary/aromatic N) is 2. The van der Waals surface area contributed by atoms with Crippen LogP contribution in [0.2, 0.25) is 0 Å². The Kier molecular flexibility index (Phi) is 7.06. The van der Waals surface area contributed by atoms with Gasteiger partial charge >= 0.3 is 0 Å². The lowest BCUT2D eigenvalue weighted by molar-refractivity contribution is 0.0620. The third kappa shape index (κ3) is 4.54. The summed E-state index contributed by atoms with van der Waals surface area (Å²) in [6, 6.07) is 3.12. The van der Waals surface area contributed by atoms with Crippen LogP contribution in [-0.2, 0) is 0 Å². The minimum absolute atomic E-state index is 0.161. The number of halogens is 1. The van der Waals surface area contributed by atoms with Gasteiger partial charge in [-0.15, -0.1) is 29.8 Å². The van der Waals surface area contributed by atoms with Crippen LogP contribution in [0.25, 0.3) is 5.70 Å². The monoisotopic (exact) mass is 417 g/mol. The highest BCUT2D eigenvalue weighted by Crippen LogP contribution is 2.27. The van der Waals surface area contributed by atoms with Gasteiger partial charge in [-0.2, -0.15) is 0 Å². The average Bonchev–Trinajstić information content (AvgIpc) is 2.72. The number of terminal acetylenes is 1. The lowest BCUT2D eigenvalue weighted by Gasteiger charge is -2.44. The molecule has 3 saturated heterocycles. The number of amides is 1. The summed E-state index contributed by atoms with van der Waals surface area (Å²) in [5.41, 5.74) is 0.721. The van der Waals surface area contributed by atoms with E-state index in [-0.39, 0.29) is 17.5 Å². The van der Waals surface area contributed by atoms with Gasteiger partial charge in [-0.05, 0) is 50.2 Å². The summed E-state index contributed by atoms with van der Waals surface area (Å²) in [5.74, 6) is 3.26. The minimum Gasteiger partial charge on any atom is -0.348 e. The molecule has 0 spiro atoms. The number of carbonyl (C=O) groups excluding carboxylic acids is 1. The Morgan fingerprint density at radius 3 is 2.75 bits per heavy atom. The average molecular weight is 418 g/mol. The number of aromatic nitrogens is 1. The maximum absolute atomic E-state index is 12.9. The van der Waals surface area contributed by atoms with Crippen LogP contribution in [0.15, 0.2) is 40.2 Å². The van der Waals surface area contributed by atoms with Crippen molar-refractivity contribution in [1.82, 2.24) is 14.8 Å². The van der Waals surface area contributed by atoms with Gasteiger partial charge < -0.3 is 10.2 Å². The highest BCUT2D eigenvalue weighted by atomic mass is 35.5. The molecule has 0 aromatic carbocycles. The van der Waals surface area contributed by atoms with Gasteiger partial charge in [-0.3, -0.25) is 14.2 Å². The van der Waals surface area contributed by atoms with Crippen LogP contribution in [0, 0.1) is 18.3 Å². The Labute approximate surface area is 174 Å². The number of rotatable bonds is 6. The zero-order valence-electron chi connectivity index (χ0n) is 15.9. The fraction of sp³-hybridized carbons (Fsp3) is 0.429. The molecular weight excluding hydrogens is 394 g/mol. The smallest absolute Gasteiger partial charge is 0.255 e. The van der Waals surface area contributed by atoms with Crippen molar-refractivity contribution < 1.29 is 4.79 Å². The van der Waals surface area contributed by atoms with Crippen molar-refractivity contribution >= 4 is 35.0 Å². The Morgan fingerprint density at radius 1 is 1.43 bits per heavy atom. The van der Waals surface area contributed by atoms with Crippen LogP contribution in [0.3, 0.4) is 0 Å². The van der Waals surface area contributed by atoms with Gasteiger partial charge in [-0.1, -0.05) is 12.0 Å². The molecule has 3 aliphatic heterocycles. The zero-order chi connectivity index (χ0) is 20.1. The number of hydrogen-bond donors (Lipinski definition) is 1. The second-order valence-electron chi connectivity index (χ2n) is 6.96. The summed E-state index contributed by atoms with van der Waals surface area (Å²) in [6.45, 7) is 3.13. The summed E-state index contributed by atoms with van der Waals surface area (Å²) in [4.78, 5) is 28.3. The quantitative estimate of drug-likeness (QED) is 0.439. The number of allylic oxidation sites excluding steroid dienone is 4. The highest BCUT2D eigenvalue weighted by Gasteiger charge is 2.35. The van der Waals surface area contributed by atoms with E-state index in [2.05, 4.69) is 16.1 Å². The molecular formula is C21H24ClN3O2S. The first-order chi connectivity index (χ1) is 13.6. The predicted octanol–water partition coefficient (Wildman–Crippen LogP) is 2.63. The van der Waals surface area contributed by atoms with Gasteiger partial charge in [0.2, 0.25) is 0 Å². The fourth-order valence-electron chi connectivity index (χ4n) is 3.85. The number of alkyl halides is 1. The first kappa shape index (κ1) is 20.8. The van der Waals surface area contributed by atoms with Crippen molar-refractivity contribution in [2.24, 2.45) is 5.92 Å². The Bertz CT molecular complexity index is 892. The molecule has 4 rings (SSSR count). The maximum atomic E-state index is 12.9. The third-order valence-corrected chi connectivity index (χ3v) is 6.25. The largest absolute Gasteiger partial charge is 0.348 e. The summed E-state index contributed by atoms with van der Waals surface area (Å²) < 4.78 is 1.42. The van der Waals surface area contributed by atoms with Gasteiger partial charge in [0, 0.05) is 30.7 Å². The lowest BCUT2D eigenvalue weighted by Crippen LogP contribution is -2.57. The predicted molar refractivity (Wildman–Crippen MR) is 117 cm³/mol. The number of fused-ring (bicyclic) bond motifs is 3. The van der Waals surface area contributed by atoms with Crippen LogP contribution >= 0.6 is 23.4 Å². The van der Waals surface area contributed by atoms with E-state index >= 15 is 0 Å². The minimum atomic E-state index is -0.254. The van der Waals surface area contributed by atoms with E-state index < -0.39 is 0 Å². The standard InChI is InChI=1S/C21H24ClN3O2S/c1-3-19(28-2)18(5-4-10-22)25-13-16(6-7-20(25)26)21(27)23-17-14-24-11-8-15(17)9-12-24/h1,4-7,13,15,17H,8-12,14H2,2H3,(H,23,27)/b5-4-,19-18-. The van der Waals surface area contributed by atoms with E-state index in [1.807, 2.05) is 6.26 Å². The number of pyridine rings is 1. The Hall–Kier alpha value is -1.94. The van der Waals surface area contributed by atoms with Crippen molar-refractivity contribution in [3.05, 3.63) is 51.3 Å². The lowest BCUT2D eigenvalue weighted by atomic mass is 9.84. The topological polar surface area (TPSA) is 54.3 Å². The molecule has 1 unspecified atom stereocenters. The van der Waals surface area contributed by atoms with Crippen molar-refractivity contribution in [3.63, 3.8) is 0 Å². The van der Waals surface area contributed by atoms with Crippen molar-refractivity contribution in [1.29, 1.82) is 0 Å². The molecule has 0 aliphatic carbocycles.